The first kappa shape index (κ1) is 30.9. The van der Waals surface area contributed by atoms with E-state index in [-0.39, 0.29) is 11.9 Å². The van der Waals surface area contributed by atoms with Gasteiger partial charge in [-0.2, -0.15) is 0 Å². The molecule has 1 rings (SSSR count). The van der Waals surface area contributed by atoms with Gasteiger partial charge in [0.05, 0.1) is 6.10 Å². The van der Waals surface area contributed by atoms with E-state index in [4.69, 9.17) is 4.74 Å². The Morgan fingerprint density at radius 3 is 1.97 bits per heavy atom. The van der Waals surface area contributed by atoms with Crippen LogP contribution in [0.2, 0.25) is 0 Å². The first-order valence-electron chi connectivity index (χ1n) is 13.6. The van der Waals surface area contributed by atoms with Gasteiger partial charge in [0.15, 0.2) is 5.78 Å². The molecule has 0 fully saturated rings. The Labute approximate surface area is 201 Å². The molecule has 0 spiro atoms. The summed E-state index contributed by atoms with van der Waals surface area (Å²) < 4.78 is 6.18. The van der Waals surface area contributed by atoms with Gasteiger partial charge in [-0.05, 0) is 39.2 Å². The molecule has 0 amide bonds. The Morgan fingerprint density at radius 2 is 1.47 bits per heavy atom. The van der Waals surface area contributed by atoms with E-state index >= 15 is 0 Å². The Hall–Kier alpha value is -1.15. The number of ketones is 1. The summed E-state index contributed by atoms with van der Waals surface area (Å²) >= 11 is 0. The molecule has 186 valence electrons. The number of rotatable bonds is 17. The molecule has 0 aliphatic heterocycles. The van der Waals surface area contributed by atoms with Gasteiger partial charge in [-0.1, -0.05) is 128 Å². The third kappa shape index (κ3) is 14.1. The minimum absolute atomic E-state index is 0.0353. The monoisotopic (exact) mass is 446 g/mol. The van der Waals surface area contributed by atoms with Gasteiger partial charge in [0.1, 0.15) is 0 Å². The van der Waals surface area contributed by atoms with E-state index in [1.165, 1.54) is 70.6 Å². The second-order valence-corrected chi connectivity index (χ2v) is 9.71. The van der Waals surface area contributed by atoms with Crippen LogP contribution < -0.4 is 0 Å². The van der Waals surface area contributed by atoms with Crippen molar-refractivity contribution in [3.8, 4) is 0 Å². The molecule has 1 aliphatic carbocycles. The van der Waals surface area contributed by atoms with E-state index in [1.54, 1.807) is 6.08 Å². The molecule has 0 saturated heterocycles. The molecule has 2 heteroatoms. The quantitative estimate of drug-likeness (QED) is 0.164. The zero-order valence-electron chi connectivity index (χ0n) is 22.4. The minimum Gasteiger partial charge on any atom is -0.374 e. The molecule has 0 saturated carbocycles. The number of carbonyl (C=O) groups excluding carboxylic acids is 1. The molecular weight excluding hydrogens is 392 g/mol. The predicted molar refractivity (Wildman–Crippen MR) is 142 cm³/mol. The largest absolute Gasteiger partial charge is 0.374 e. The fourth-order valence-electron chi connectivity index (χ4n) is 4.10. The topological polar surface area (TPSA) is 26.3 Å². The molecule has 0 N–H and O–H groups in total. The summed E-state index contributed by atoms with van der Waals surface area (Å²) in [6.07, 6.45) is 23.5. The Bertz CT molecular complexity index is 557. The van der Waals surface area contributed by atoms with E-state index in [0.29, 0.717) is 6.42 Å². The lowest BCUT2D eigenvalue weighted by atomic mass is 9.76. The predicted octanol–water partition coefficient (Wildman–Crippen LogP) is 9.55. The first-order valence-corrected chi connectivity index (χ1v) is 13.6. The molecule has 0 radical (unpaired) electrons. The highest BCUT2D eigenvalue weighted by atomic mass is 16.5. The van der Waals surface area contributed by atoms with Crippen LogP contribution in [0.15, 0.2) is 36.0 Å². The van der Waals surface area contributed by atoms with Crippen LogP contribution >= 0.6 is 0 Å². The lowest BCUT2D eigenvalue weighted by Gasteiger charge is -2.30. The van der Waals surface area contributed by atoms with Crippen molar-refractivity contribution in [1.29, 1.82) is 0 Å². The molecule has 0 bridgehead atoms. The molecule has 2 unspecified atom stereocenters. The van der Waals surface area contributed by atoms with Crippen LogP contribution in [0.25, 0.3) is 0 Å². The van der Waals surface area contributed by atoms with Gasteiger partial charge in [-0.15, -0.1) is 0 Å². The van der Waals surface area contributed by atoms with E-state index < -0.39 is 5.41 Å². The number of allylic oxidation sites excluding steroid dienone is 4. The van der Waals surface area contributed by atoms with E-state index in [2.05, 4.69) is 33.4 Å². The van der Waals surface area contributed by atoms with Gasteiger partial charge in [0.2, 0.25) is 0 Å². The van der Waals surface area contributed by atoms with Gasteiger partial charge < -0.3 is 4.74 Å². The van der Waals surface area contributed by atoms with Crippen LogP contribution in [0.1, 0.15) is 131 Å². The Morgan fingerprint density at radius 1 is 0.969 bits per heavy atom. The van der Waals surface area contributed by atoms with Gasteiger partial charge in [0, 0.05) is 12.0 Å². The van der Waals surface area contributed by atoms with E-state index in [9.17, 15) is 4.79 Å². The lowest BCUT2D eigenvalue weighted by molar-refractivity contribution is -0.124. The first-order chi connectivity index (χ1) is 15.4. The summed E-state index contributed by atoms with van der Waals surface area (Å²) in [7, 11) is 0. The van der Waals surface area contributed by atoms with E-state index in [0.717, 1.165) is 30.6 Å². The number of hydrogen-bond donors (Lipinski definition) is 0. The normalized spacial score (nSPS) is 19.1. The maximum Gasteiger partial charge on any atom is 0.161 e. The SMILES string of the molecule is C=C(C)C(CC1(C)CC=C(C)C=CC1=O)OCCCCCCCCCCCCCC.CC. The van der Waals surface area contributed by atoms with Gasteiger partial charge in [0.25, 0.3) is 0 Å². The molecule has 2 nitrogen and oxygen atoms in total. The van der Waals surface area contributed by atoms with Crippen molar-refractivity contribution in [3.05, 3.63) is 36.0 Å². The van der Waals surface area contributed by atoms with Crippen LogP contribution in [0, 0.1) is 5.41 Å². The average Bonchev–Trinajstić information content (AvgIpc) is 2.91. The number of carbonyl (C=O) groups is 1. The third-order valence-electron chi connectivity index (χ3n) is 6.47. The summed E-state index contributed by atoms with van der Waals surface area (Å²) in [5.41, 5.74) is 1.79. The molecule has 0 heterocycles. The van der Waals surface area contributed by atoms with Crippen LogP contribution in [-0.4, -0.2) is 18.5 Å². The Balaban J connectivity index is 0.00000466. The van der Waals surface area contributed by atoms with Crippen molar-refractivity contribution in [2.75, 3.05) is 6.61 Å². The number of unbranched alkanes of at least 4 members (excludes halogenated alkanes) is 11. The smallest absolute Gasteiger partial charge is 0.161 e. The second kappa shape index (κ2) is 19.3. The van der Waals surface area contributed by atoms with Crippen molar-refractivity contribution in [2.24, 2.45) is 5.41 Å². The van der Waals surface area contributed by atoms with Crippen LogP contribution in [-0.2, 0) is 9.53 Å². The summed E-state index contributed by atoms with van der Waals surface area (Å²) in [6, 6.07) is 0. The molecule has 0 aromatic rings. The molecule has 32 heavy (non-hydrogen) atoms. The van der Waals surface area contributed by atoms with Crippen molar-refractivity contribution in [3.63, 3.8) is 0 Å². The van der Waals surface area contributed by atoms with Crippen LogP contribution in [0.5, 0.6) is 0 Å². The molecular formula is C30H54O2. The highest BCUT2D eigenvalue weighted by molar-refractivity contribution is 5.95. The van der Waals surface area contributed by atoms with Crippen molar-refractivity contribution in [2.45, 2.75) is 138 Å². The van der Waals surface area contributed by atoms with Crippen molar-refractivity contribution < 1.29 is 9.53 Å². The molecule has 2 atom stereocenters. The maximum atomic E-state index is 12.6. The van der Waals surface area contributed by atoms with Crippen LogP contribution in [0.3, 0.4) is 0 Å². The Kier molecular flexibility index (Phi) is 18.6. The van der Waals surface area contributed by atoms with Gasteiger partial charge in [-0.3, -0.25) is 4.79 Å². The fourth-order valence-corrected chi connectivity index (χ4v) is 4.10. The maximum absolute atomic E-state index is 12.6. The summed E-state index contributed by atoms with van der Waals surface area (Å²) in [6.45, 7) is 17.3. The standard InChI is InChI=1S/C28H48O2.C2H6/c1-6-7-8-9-10-11-12-13-14-15-16-17-22-30-26(24(2)3)23-28(5)21-20-25(4)18-19-27(28)29;1-2/h18-20,26H,2,6-17,21-23H2,1,3-5H3;1-2H3. The zero-order valence-corrected chi connectivity index (χ0v) is 22.4. The van der Waals surface area contributed by atoms with E-state index in [1.807, 2.05) is 26.8 Å². The summed E-state index contributed by atoms with van der Waals surface area (Å²) in [4.78, 5) is 12.6. The van der Waals surface area contributed by atoms with Crippen LogP contribution in [0.4, 0.5) is 0 Å². The third-order valence-corrected chi connectivity index (χ3v) is 6.47. The fraction of sp³-hybridized carbons (Fsp3) is 0.767. The zero-order chi connectivity index (χ0) is 24.2. The van der Waals surface area contributed by atoms with Gasteiger partial charge >= 0.3 is 0 Å². The average molecular weight is 447 g/mol. The summed E-state index contributed by atoms with van der Waals surface area (Å²) in [5.74, 6) is 0.204. The molecule has 0 aromatic carbocycles. The minimum atomic E-state index is -0.394. The second-order valence-electron chi connectivity index (χ2n) is 9.71. The highest BCUT2D eigenvalue weighted by Gasteiger charge is 2.34. The lowest BCUT2D eigenvalue weighted by Crippen LogP contribution is -2.32. The highest BCUT2D eigenvalue weighted by Crippen LogP contribution is 2.35. The number of ether oxygens (including phenoxy) is 1. The van der Waals surface area contributed by atoms with Crippen molar-refractivity contribution in [1.82, 2.24) is 0 Å². The van der Waals surface area contributed by atoms with Crippen molar-refractivity contribution >= 4 is 5.78 Å². The summed E-state index contributed by atoms with van der Waals surface area (Å²) in [5, 5.41) is 0. The van der Waals surface area contributed by atoms with Gasteiger partial charge in [-0.25, -0.2) is 0 Å². The molecule has 1 aliphatic rings. The number of hydrogen-bond acceptors (Lipinski definition) is 2. The molecule has 0 aromatic heterocycles.